The van der Waals surface area contributed by atoms with Crippen LogP contribution in [-0.2, 0) is 0 Å². The Morgan fingerprint density at radius 3 is 2.79 bits per heavy atom. The smallest absolute Gasteiger partial charge is 0.128 e. The first-order valence-electron chi connectivity index (χ1n) is 4.32. The summed E-state index contributed by atoms with van der Waals surface area (Å²) in [5, 5.41) is 8.63. The number of pyridine rings is 1. The Hall–Kier alpha value is -0.840. The van der Waals surface area contributed by atoms with Crippen molar-refractivity contribution in [3.05, 3.63) is 23.9 Å². The predicted octanol–water partition coefficient (Wildman–Crippen LogP) is 0.858. The van der Waals surface area contributed by atoms with Gasteiger partial charge in [0.25, 0.3) is 0 Å². The summed E-state index contributed by atoms with van der Waals surface area (Å²) < 4.78 is 0. The maximum Gasteiger partial charge on any atom is 0.128 e. The molecule has 0 radical (unpaired) electrons. The Kier molecular flexibility index (Phi) is 6.19. The quantitative estimate of drug-likeness (QED) is 0.698. The van der Waals surface area contributed by atoms with Gasteiger partial charge in [0.05, 0.1) is 0 Å². The van der Waals surface area contributed by atoms with Crippen molar-refractivity contribution in [2.75, 3.05) is 12.3 Å². The average Bonchev–Trinajstić information content (AvgIpc) is 2.15. The fourth-order valence-corrected chi connectivity index (χ4v) is 1.21. The van der Waals surface area contributed by atoms with Gasteiger partial charge in [-0.25, -0.2) is 4.98 Å². The van der Waals surface area contributed by atoms with Gasteiger partial charge in [-0.15, -0.1) is 12.4 Å². The van der Waals surface area contributed by atoms with Crippen LogP contribution in [0.25, 0.3) is 0 Å². The second-order valence-electron chi connectivity index (χ2n) is 2.95. The SMILES string of the molecule is Cl.Nc1ncccc1[C@@H](N)CCCO. The molecule has 5 heteroatoms. The summed E-state index contributed by atoms with van der Waals surface area (Å²) in [6, 6.07) is 3.55. The van der Waals surface area contributed by atoms with Gasteiger partial charge in [0.15, 0.2) is 0 Å². The molecule has 1 atom stereocenters. The average molecular weight is 218 g/mol. The van der Waals surface area contributed by atoms with E-state index >= 15 is 0 Å². The summed E-state index contributed by atoms with van der Waals surface area (Å²) in [6.45, 7) is 0.161. The number of nitrogens with zero attached hydrogens (tertiary/aromatic N) is 1. The van der Waals surface area contributed by atoms with E-state index < -0.39 is 0 Å². The third-order valence-electron chi connectivity index (χ3n) is 1.94. The van der Waals surface area contributed by atoms with E-state index in [9.17, 15) is 0 Å². The van der Waals surface area contributed by atoms with E-state index in [0.717, 1.165) is 12.0 Å². The largest absolute Gasteiger partial charge is 0.396 e. The van der Waals surface area contributed by atoms with E-state index in [4.69, 9.17) is 16.6 Å². The first kappa shape index (κ1) is 13.2. The molecule has 0 amide bonds. The zero-order chi connectivity index (χ0) is 9.68. The Morgan fingerprint density at radius 1 is 1.50 bits per heavy atom. The monoisotopic (exact) mass is 217 g/mol. The van der Waals surface area contributed by atoms with E-state index in [1.807, 2.05) is 12.1 Å². The molecule has 80 valence electrons. The second-order valence-corrected chi connectivity index (χ2v) is 2.95. The van der Waals surface area contributed by atoms with Gasteiger partial charge in [-0.05, 0) is 18.9 Å². The molecule has 5 N–H and O–H groups in total. The number of nitrogen functional groups attached to an aromatic ring is 1. The molecule has 0 unspecified atom stereocenters. The van der Waals surface area contributed by atoms with Crippen molar-refractivity contribution < 1.29 is 5.11 Å². The van der Waals surface area contributed by atoms with Gasteiger partial charge in [-0.1, -0.05) is 6.07 Å². The maximum absolute atomic E-state index is 8.63. The summed E-state index contributed by atoms with van der Waals surface area (Å²) in [5.41, 5.74) is 12.3. The van der Waals surface area contributed by atoms with Crippen LogP contribution in [0.3, 0.4) is 0 Å². The standard InChI is InChI=1S/C9H15N3O.ClH/c10-8(4-2-6-13)7-3-1-5-12-9(7)11;/h1,3,5,8,13H,2,4,6,10H2,(H2,11,12);1H/t8-;/m0./s1. The number of aromatic nitrogens is 1. The van der Waals surface area contributed by atoms with E-state index in [0.29, 0.717) is 12.2 Å². The van der Waals surface area contributed by atoms with Gasteiger partial charge in [-0.3, -0.25) is 0 Å². The minimum atomic E-state index is -0.124. The van der Waals surface area contributed by atoms with Crippen molar-refractivity contribution in [3.8, 4) is 0 Å². The van der Waals surface area contributed by atoms with Gasteiger partial charge in [0.2, 0.25) is 0 Å². The third kappa shape index (κ3) is 3.49. The number of aliphatic hydroxyl groups excluding tert-OH is 1. The lowest BCUT2D eigenvalue weighted by Gasteiger charge is -2.12. The highest BCUT2D eigenvalue weighted by molar-refractivity contribution is 5.85. The molecule has 0 spiro atoms. The zero-order valence-corrected chi connectivity index (χ0v) is 8.70. The summed E-state index contributed by atoms with van der Waals surface area (Å²) in [4.78, 5) is 3.94. The molecule has 1 aromatic rings. The lowest BCUT2D eigenvalue weighted by molar-refractivity contribution is 0.280. The van der Waals surface area contributed by atoms with Gasteiger partial charge in [-0.2, -0.15) is 0 Å². The van der Waals surface area contributed by atoms with Crippen LogP contribution in [0.1, 0.15) is 24.4 Å². The molecule has 0 fully saturated rings. The molecule has 0 saturated carbocycles. The zero-order valence-electron chi connectivity index (χ0n) is 7.89. The van der Waals surface area contributed by atoms with Crippen LogP contribution in [0.5, 0.6) is 0 Å². The van der Waals surface area contributed by atoms with Crippen molar-refractivity contribution in [2.45, 2.75) is 18.9 Å². The van der Waals surface area contributed by atoms with Crippen molar-refractivity contribution >= 4 is 18.2 Å². The molecule has 1 rings (SSSR count). The lowest BCUT2D eigenvalue weighted by Crippen LogP contribution is -2.13. The first-order valence-corrected chi connectivity index (χ1v) is 4.32. The second kappa shape index (κ2) is 6.59. The lowest BCUT2D eigenvalue weighted by atomic mass is 10.0. The number of hydrogen-bond acceptors (Lipinski definition) is 4. The molecule has 4 nitrogen and oxygen atoms in total. The number of hydrogen-bond donors (Lipinski definition) is 3. The molecule has 0 saturated heterocycles. The molecule has 0 aliphatic carbocycles. The van der Waals surface area contributed by atoms with Crippen molar-refractivity contribution in [1.82, 2.24) is 4.98 Å². The Balaban J connectivity index is 0.00000169. The van der Waals surface area contributed by atoms with Gasteiger partial charge >= 0.3 is 0 Å². The van der Waals surface area contributed by atoms with Crippen LogP contribution >= 0.6 is 12.4 Å². The third-order valence-corrected chi connectivity index (χ3v) is 1.94. The van der Waals surface area contributed by atoms with E-state index in [2.05, 4.69) is 4.98 Å². The summed E-state index contributed by atoms with van der Waals surface area (Å²) >= 11 is 0. The van der Waals surface area contributed by atoms with Crippen molar-refractivity contribution in [1.29, 1.82) is 0 Å². The molecule has 0 aliphatic heterocycles. The first-order chi connectivity index (χ1) is 6.25. The summed E-state index contributed by atoms with van der Waals surface area (Å²) in [6.07, 6.45) is 3.06. The molecule has 1 aromatic heterocycles. The molecular formula is C9H16ClN3O. The number of nitrogens with two attached hydrogens (primary N) is 2. The van der Waals surface area contributed by atoms with Crippen LogP contribution in [0.4, 0.5) is 5.82 Å². The molecule has 0 aromatic carbocycles. The fraction of sp³-hybridized carbons (Fsp3) is 0.444. The van der Waals surface area contributed by atoms with E-state index in [-0.39, 0.29) is 25.1 Å². The molecule has 14 heavy (non-hydrogen) atoms. The van der Waals surface area contributed by atoms with E-state index in [1.165, 1.54) is 0 Å². The number of anilines is 1. The number of halogens is 1. The Bertz CT molecular complexity index is 270. The van der Waals surface area contributed by atoms with Crippen LogP contribution in [0.2, 0.25) is 0 Å². The number of rotatable bonds is 4. The predicted molar refractivity (Wildman–Crippen MR) is 59.1 cm³/mol. The van der Waals surface area contributed by atoms with Gasteiger partial charge in [0.1, 0.15) is 5.82 Å². The minimum Gasteiger partial charge on any atom is -0.396 e. The topological polar surface area (TPSA) is 85.2 Å². The highest BCUT2D eigenvalue weighted by atomic mass is 35.5. The molecular weight excluding hydrogens is 202 g/mol. The Morgan fingerprint density at radius 2 is 2.21 bits per heavy atom. The van der Waals surface area contributed by atoms with Crippen LogP contribution in [0.15, 0.2) is 18.3 Å². The minimum absolute atomic E-state index is 0. The summed E-state index contributed by atoms with van der Waals surface area (Å²) in [7, 11) is 0. The van der Waals surface area contributed by atoms with Crippen LogP contribution < -0.4 is 11.5 Å². The highest BCUT2D eigenvalue weighted by Crippen LogP contribution is 2.19. The fourth-order valence-electron chi connectivity index (χ4n) is 1.21. The van der Waals surface area contributed by atoms with Gasteiger partial charge < -0.3 is 16.6 Å². The molecule has 0 bridgehead atoms. The van der Waals surface area contributed by atoms with Crippen molar-refractivity contribution in [3.63, 3.8) is 0 Å². The summed E-state index contributed by atoms with van der Waals surface area (Å²) in [5.74, 6) is 0.480. The van der Waals surface area contributed by atoms with Crippen LogP contribution in [0, 0.1) is 0 Å². The molecule has 1 heterocycles. The molecule has 0 aliphatic rings. The van der Waals surface area contributed by atoms with Crippen LogP contribution in [-0.4, -0.2) is 16.7 Å². The normalized spacial score (nSPS) is 11.9. The van der Waals surface area contributed by atoms with Crippen molar-refractivity contribution in [2.24, 2.45) is 5.73 Å². The highest BCUT2D eigenvalue weighted by Gasteiger charge is 2.08. The van der Waals surface area contributed by atoms with Gasteiger partial charge in [0, 0.05) is 24.4 Å². The van der Waals surface area contributed by atoms with E-state index in [1.54, 1.807) is 6.20 Å². The Labute approximate surface area is 89.7 Å². The number of aliphatic hydroxyl groups is 1. The maximum atomic E-state index is 8.63.